The average Bonchev–Trinajstić information content (AvgIpc) is 2.60. The standard InChI is InChI=1S/C11H10BrNOS/c1-7-11(15-10(6-14)13-7)8-4-2-3-5-9(8)12/h2-5,14H,6H2,1H3. The van der Waals surface area contributed by atoms with E-state index in [2.05, 4.69) is 20.9 Å². The lowest BCUT2D eigenvalue weighted by molar-refractivity contribution is 0.281. The fourth-order valence-corrected chi connectivity index (χ4v) is 2.99. The van der Waals surface area contributed by atoms with Gasteiger partial charge in [-0.15, -0.1) is 11.3 Å². The molecule has 4 heteroatoms. The summed E-state index contributed by atoms with van der Waals surface area (Å²) in [6.07, 6.45) is 0. The Morgan fingerprint density at radius 2 is 2.13 bits per heavy atom. The van der Waals surface area contributed by atoms with Gasteiger partial charge in [0.25, 0.3) is 0 Å². The molecule has 0 aliphatic heterocycles. The molecule has 0 unspecified atom stereocenters. The van der Waals surface area contributed by atoms with Crippen LogP contribution in [0.2, 0.25) is 0 Å². The monoisotopic (exact) mass is 283 g/mol. The third-order valence-electron chi connectivity index (χ3n) is 2.09. The van der Waals surface area contributed by atoms with Gasteiger partial charge in [-0.2, -0.15) is 0 Å². The Kier molecular flexibility index (Phi) is 3.19. The first-order chi connectivity index (χ1) is 7.22. The van der Waals surface area contributed by atoms with Crippen LogP contribution in [0.25, 0.3) is 10.4 Å². The first kappa shape index (κ1) is 10.8. The Balaban J connectivity index is 2.54. The molecule has 0 atom stereocenters. The number of rotatable bonds is 2. The normalized spacial score (nSPS) is 10.6. The Bertz CT molecular complexity index is 481. The van der Waals surface area contributed by atoms with Crippen molar-refractivity contribution in [3.63, 3.8) is 0 Å². The summed E-state index contributed by atoms with van der Waals surface area (Å²) in [6.45, 7) is 1.97. The van der Waals surface area contributed by atoms with Gasteiger partial charge in [-0.1, -0.05) is 34.1 Å². The van der Waals surface area contributed by atoms with Crippen LogP contribution in [-0.2, 0) is 6.61 Å². The van der Waals surface area contributed by atoms with Crippen LogP contribution in [0.3, 0.4) is 0 Å². The van der Waals surface area contributed by atoms with Gasteiger partial charge in [0.15, 0.2) is 0 Å². The molecule has 1 N–H and O–H groups in total. The minimum absolute atomic E-state index is 0.00988. The molecule has 0 amide bonds. The van der Waals surface area contributed by atoms with Gasteiger partial charge in [0.1, 0.15) is 5.01 Å². The zero-order valence-corrected chi connectivity index (χ0v) is 10.6. The fourth-order valence-electron chi connectivity index (χ4n) is 1.42. The Labute approximate surface area is 101 Å². The van der Waals surface area contributed by atoms with E-state index < -0.39 is 0 Å². The van der Waals surface area contributed by atoms with Crippen molar-refractivity contribution < 1.29 is 5.11 Å². The highest BCUT2D eigenvalue weighted by Crippen LogP contribution is 2.34. The lowest BCUT2D eigenvalue weighted by Gasteiger charge is -2.00. The number of aliphatic hydroxyl groups excluding tert-OH is 1. The molecule has 0 aliphatic rings. The second kappa shape index (κ2) is 4.43. The largest absolute Gasteiger partial charge is 0.389 e. The SMILES string of the molecule is Cc1nc(CO)sc1-c1ccccc1Br. The van der Waals surface area contributed by atoms with Gasteiger partial charge >= 0.3 is 0 Å². The predicted octanol–water partition coefficient (Wildman–Crippen LogP) is 3.37. The summed E-state index contributed by atoms with van der Waals surface area (Å²) in [5.74, 6) is 0. The Morgan fingerprint density at radius 1 is 1.40 bits per heavy atom. The van der Waals surface area contributed by atoms with Crippen molar-refractivity contribution in [3.05, 3.63) is 39.4 Å². The Morgan fingerprint density at radius 3 is 2.73 bits per heavy atom. The number of benzene rings is 1. The van der Waals surface area contributed by atoms with Crippen molar-refractivity contribution in [2.45, 2.75) is 13.5 Å². The number of aromatic nitrogens is 1. The van der Waals surface area contributed by atoms with Crippen molar-refractivity contribution in [2.24, 2.45) is 0 Å². The molecular formula is C11H10BrNOS. The molecule has 2 rings (SSSR count). The van der Waals surface area contributed by atoms with Crippen LogP contribution >= 0.6 is 27.3 Å². The minimum atomic E-state index is 0.00988. The van der Waals surface area contributed by atoms with Crippen LogP contribution in [0.5, 0.6) is 0 Å². The second-order valence-corrected chi connectivity index (χ2v) is 5.10. The van der Waals surface area contributed by atoms with Crippen LogP contribution in [0.15, 0.2) is 28.7 Å². The topological polar surface area (TPSA) is 33.1 Å². The van der Waals surface area contributed by atoms with E-state index in [4.69, 9.17) is 5.11 Å². The molecule has 2 nitrogen and oxygen atoms in total. The number of aryl methyl sites for hydroxylation is 1. The lowest BCUT2D eigenvalue weighted by atomic mass is 10.2. The molecule has 2 aromatic rings. The fraction of sp³-hybridized carbons (Fsp3) is 0.182. The molecule has 0 fully saturated rings. The van der Waals surface area contributed by atoms with E-state index in [0.29, 0.717) is 0 Å². The highest BCUT2D eigenvalue weighted by molar-refractivity contribution is 9.10. The van der Waals surface area contributed by atoms with E-state index in [0.717, 1.165) is 25.6 Å². The summed E-state index contributed by atoms with van der Waals surface area (Å²) in [4.78, 5) is 5.41. The summed E-state index contributed by atoms with van der Waals surface area (Å²) in [6, 6.07) is 8.04. The summed E-state index contributed by atoms with van der Waals surface area (Å²) in [5.41, 5.74) is 2.10. The van der Waals surface area contributed by atoms with E-state index in [1.807, 2.05) is 31.2 Å². The molecule has 0 spiro atoms. The number of halogens is 1. The van der Waals surface area contributed by atoms with Crippen LogP contribution in [0.1, 0.15) is 10.7 Å². The summed E-state index contributed by atoms with van der Waals surface area (Å²) >= 11 is 5.05. The highest BCUT2D eigenvalue weighted by Gasteiger charge is 2.10. The molecule has 1 aromatic carbocycles. The highest BCUT2D eigenvalue weighted by atomic mass is 79.9. The molecule has 0 saturated heterocycles. The number of nitrogens with zero attached hydrogens (tertiary/aromatic N) is 1. The van der Waals surface area contributed by atoms with Crippen LogP contribution in [-0.4, -0.2) is 10.1 Å². The minimum Gasteiger partial charge on any atom is -0.389 e. The van der Waals surface area contributed by atoms with Gasteiger partial charge in [-0.3, -0.25) is 0 Å². The maximum absolute atomic E-state index is 9.03. The number of thiazole rings is 1. The molecule has 1 aromatic heterocycles. The van der Waals surface area contributed by atoms with Gasteiger partial charge in [-0.05, 0) is 13.0 Å². The maximum atomic E-state index is 9.03. The van der Waals surface area contributed by atoms with E-state index >= 15 is 0 Å². The Hall–Kier alpha value is -0.710. The number of hydrogen-bond acceptors (Lipinski definition) is 3. The van der Waals surface area contributed by atoms with E-state index in [1.54, 1.807) is 0 Å². The van der Waals surface area contributed by atoms with Gasteiger partial charge in [-0.25, -0.2) is 4.98 Å². The summed E-state index contributed by atoms with van der Waals surface area (Å²) < 4.78 is 1.06. The van der Waals surface area contributed by atoms with Gasteiger partial charge in [0.2, 0.25) is 0 Å². The molecular weight excluding hydrogens is 274 g/mol. The van der Waals surface area contributed by atoms with Crippen molar-refractivity contribution in [2.75, 3.05) is 0 Å². The van der Waals surface area contributed by atoms with Gasteiger partial charge in [0, 0.05) is 10.0 Å². The molecule has 78 valence electrons. The lowest BCUT2D eigenvalue weighted by Crippen LogP contribution is -1.80. The van der Waals surface area contributed by atoms with Crippen LogP contribution in [0.4, 0.5) is 0 Å². The molecule has 0 saturated carbocycles. The molecule has 0 radical (unpaired) electrons. The van der Waals surface area contributed by atoms with Gasteiger partial charge < -0.3 is 5.11 Å². The van der Waals surface area contributed by atoms with Crippen molar-refractivity contribution in [1.82, 2.24) is 4.98 Å². The smallest absolute Gasteiger partial charge is 0.119 e. The molecule has 1 heterocycles. The number of aliphatic hydroxyl groups is 1. The molecule has 0 aliphatic carbocycles. The van der Waals surface area contributed by atoms with Crippen molar-refractivity contribution in [3.8, 4) is 10.4 Å². The van der Waals surface area contributed by atoms with Crippen LogP contribution < -0.4 is 0 Å². The van der Waals surface area contributed by atoms with Crippen molar-refractivity contribution >= 4 is 27.3 Å². The summed E-state index contributed by atoms with van der Waals surface area (Å²) in [5, 5.41) is 9.79. The maximum Gasteiger partial charge on any atom is 0.119 e. The van der Waals surface area contributed by atoms with Crippen molar-refractivity contribution in [1.29, 1.82) is 0 Å². The quantitative estimate of drug-likeness (QED) is 0.917. The predicted molar refractivity (Wildman–Crippen MR) is 65.9 cm³/mol. The second-order valence-electron chi connectivity index (χ2n) is 3.16. The first-order valence-corrected chi connectivity index (χ1v) is 6.15. The first-order valence-electron chi connectivity index (χ1n) is 4.54. The zero-order valence-electron chi connectivity index (χ0n) is 8.20. The van der Waals surface area contributed by atoms with Gasteiger partial charge in [0.05, 0.1) is 17.2 Å². The van der Waals surface area contributed by atoms with E-state index in [9.17, 15) is 0 Å². The van der Waals surface area contributed by atoms with E-state index in [-0.39, 0.29) is 6.61 Å². The summed E-state index contributed by atoms with van der Waals surface area (Å²) in [7, 11) is 0. The third-order valence-corrected chi connectivity index (χ3v) is 3.96. The average molecular weight is 284 g/mol. The zero-order chi connectivity index (χ0) is 10.8. The van der Waals surface area contributed by atoms with E-state index in [1.165, 1.54) is 11.3 Å². The number of hydrogen-bond donors (Lipinski definition) is 1. The third kappa shape index (κ3) is 2.12. The van der Waals surface area contributed by atoms with Crippen LogP contribution in [0, 0.1) is 6.92 Å². The molecule has 15 heavy (non-hydrogen) atoms. The molecule has 0 bridgehead atoms.